The number of carbonyl (C=O) groups is 1. The lowest BCUT2D eigenvalue weighted by Gasteiger charge is -2.09. The normalized spacial score (nSPS) is 12.5. The van der Waals surface area contributed by atoms with Crippen LogP contribution in [-0.2, 0) is 6.42 Å². The minimum Gasteiger partial charge on any atom is -0.348 e. The summed E-state index contributed by atoms with van der Waals surface area (Å²) in [6.45, 7) is 3.90. The molecule has 1 N–H and O–H groups in total. The zero-order valence-electron chi connectivity index (χ0n) is 8.79. The lowest BCUT2D eigenvalue weighted by atomic mass is 10.2. The van der Waals surface area contributed by atoms with Crippen molar-refractivity contribution in [2.75, 3.05) is 5.88 Å². The Morgan fingerprint density at radius 2 is 2.40 bits per heavy atom. The molecule has 15 heavy (non-hydrogen) atoms. The molecule has 1 atom stereocenters. The summed E-state index contributed by atoms with van der Waals surface area (Å²) in [6, 6.07) is -0.0317. The molecule has 84 valence electrons. The van der Waals surface area contributed by atoms with Crippen molar-refractivity contribution in [1.29, 1.82) is 0 Å². The molecule has 1 unspecified atom stereocenters. The van der Waals surface area contributed by atoms with E-state index in [1.54, 1.807) is 0 Å². The highest BCUT2D eigenvalue weighted by atomic mass is 35.5. The average Bonchev–Trinajstić information content (AvgIpc) is 2.66. The van der Waals surface area contributed by atoms with Gasteiger partial charge < -0.3 is 5.32 Å². The molecule has 0 spiro atoms. The number of hydrogen-bond acceptors (Lipinski definition) is 4. The van der Waals surface area contributed by atoms with E-state index < -0.39 is 0 Å². The van der Waals surface area contributed by atoms with E-state index in [-0.39, 0.29) is 11.9 Å². The van der Waals surface area contributed by atoms with Crippen LogP contribution in [0, 0.1) is 0 Å². The summed E-state index contributed by atoms with van der Waals surface area (Å²) < 4.78 is 3.79. The number of rotatable bonds is 5. The second kappa shape index (κ2) is 6.02. The van der Waals surface area contributed by atoms with E-state index >= 15 is 0 Å². The number of alkyl halides is 1. The molecule has 1 heterocycles. The van der Waals surface area contributed by atoms with Crippen LogP contribution in [0.1, 0.15) is 35.6 Å². The van der Waals surface area contributed by atoms with Crippen molar-refractivity contribution in [1.82, 2.24) is 14.9 Å². The molecule has 0 aliphatic carbocycles. The number of aromatic nitrogens is 2. The van der Waals surface area contributed by atoms with E-state index in [9.17, 15) is 4.79 Å². The third kappa shape index (κ3) is 3.43. The predicted molar refractivity (Wildman–Crippen MR) is 61.6 cm³/mol. The van der Waals surface area contributed by atoms with Crippen LogP contribution in [0.15, 0.2) is 0 Å². The Hall–Kier alpha value is -0.680. The number of hydrogen-bond donors (Lipinski definition) is 1. The quantitative estimate of drug-likeness (QED) is 0.808. The highest BCUT2D eigenvalue weighted by molar-refractivity contribution is 7.08. The lowest BCUT2D eigenvalue weighted by molar-refractivity contribution is 0.0946. The van der Waals surface area contributed by atoms with Gasteiger partial charge in [-0.25, -0.2) is 0 Å². The van der Waals surface area contributed by atoms with Crippen LogP contribution in [-0.4, -0.2) is 27.4 Å². The van der Waals surface area contributed by atoms with Gasteiger partial charge in [0, 0.05) is 11.9 Å². The molecular weight excluding hydrogens is 234 g/mol. The molecular formula is C9H14ClN3OS. The van der Waals surface area contributed by atoms with Crippen molar-refractivity contribution in [2.24, 2.45) is 0 Å². The number of amides is 1. The van der Waals surface area contributed by atoms with Gasteiger partial charge in [0.25, 0.3) is 5.91 Å². The van der Waals surface area contributed by atoms with Gasteiger partial charge in [0.05, 0.1) is 5.69 Å². The van der Waals surface area contributed by atoms with Crippen molar-refractivity contribution < 1.29 is 4.79 Å². The molecule has 1 aromatic heterocycles. The molecule has 6 heteroatoms. The van der Waals surface area contributed by atoms with Gasteiger partial charge in [-0.05, 0) is 24.9 Å². The van der Waals surface area contributed by atoms with Crippen molar-refractivity contribution in [2.45, 2.75) is 32.7 Å². The van der Waals surface area contributed by atoms with Crippen molar-refractivity contribution in [3.8, 4) is 0 Å². The largest absolute Gasteiger partial charge is 0.348 e. The van der Waals surface area contributed by atoms with Crippen LogP contribution in [0.4, 0.5) is 0 Å². The van der Waals surface area contributed by atoms with E-state index in [1.165, 1.54) is 0 Å². The number of carbonyl (C=O) groups excluding carboxylic acids is 1. The summed E-state index contributed by atoms with van der Waals surface area (Å²) in [5.41, 5.74) is 0.779. The molecule has 0 aliphatic rings. The zero-order valence-corrected chi connectivity index (χ0v) is 10.4. The van der Waals surface area contributed by atoms with E-state index in [1.807, 2.05) is 13.8 Å². The fourth-order valence-corrected chi connectivity index (χ4v) is 1.80. The van der Waals surface area contributed by atoms with Crippen LogP contribution in [0.25, 0.3) is 0 Å². The molecule has 0 bridgehead atoms. The first-order chi connectivity index (χ1) is 7.19. The SMILES string of the molecule is CCCc1nnsc1C(=O)NC(C)CCl. The Morgan fingerprint density at radius 1 is 1.67 bits per heavy atom. The van der Waals surface area contributed by atoms with Gasteiger partial charge in [-0.2, -0.15) is 0 Å². The fraction of sp³-hybridized carbons (Fsp3) is 0.667. The third-order valence-electron chi connectivity index (χ3n) is 1.86. The summed E-state index contributed by atoms with van der Waals surface area (Å²) >= 11 is 6.75. The number of nitrogens with zero attached hydrogens (tertiary/aromatic N) is 2. The summed E-state index contributed by atoms with van der Waals surface area (Å²) in [5, 5.41) is 6.73. The second-order valence-electron chi connectivity index (χ2n) is 3.33. The highest BCUT2D eigenvalue weighted by Gasteiger charge is 2.16. The maximum Gasteiger partial charge on any atom is 0.265 e. The molecule has 0 saturated heterocycles. The average molecular weight is 248 g/mol. The van der Waals surface area contributed by atoms with E-state index in [0.29, 0.717) is 10.8 Å². The molecule has 0 aliphatic heterocycles. The maximum atomic E-state index is 11.7. The van der Waals surface area contributed by atoms with Gasteiger partial charge in [0.2, 0.25) is 0 Å². The monoisotopic (exact) mass is 247 g/mol. The molecule has 0 radical (unpaired) electrons. The summed E-state index contributed by atoms with van der Waals surface area (Å²) in [6.07, 6.45) is 1.74. The van der Waals surface area contributed by atoms with Crippen molar-refractivity contribution in [3.05, 3.63) is 10.6 Å². The van der Waals surface area contributed by atoms with Crippen LogP contribution < -0.4 is 5.32 Å². The molecule has 0 saturated carbocycles. The van der Waals surface area contributed by atoms with Crippen LogP contribution in [0.3, 0.4) is 0 Å². The first-order valence-electron chi connectivity index (χ1n) is 4.87. The standard InChI is InChI=1S/C9H14ClN3OS/c1-3-4-7-8(15-13-12-7)9(14)11-6(2)5-10/h6H,3-5H2,1-2H3,(H,11,14). The third-order valence-corrected chi connectivity index (χ3v) is 3.09. The van der Waals surface area contributed by atoms with Gasteiger partial charge >= 0.3 is 0 Å². The smallest absolute Gasteiger partial charge is 0.265 e. The summed E-state index contributed by atoms with van der Waals surface area (Å²) in [5.74, 6) is 0.280. The van der Waals surface area contributed by atoms with E-state index in [0.717, 1.165) is 30.1 Å². The molecule has 1 rings (SSSR count). The Bertz CT molecular complexity index is 329. The fourth-order valence-electron chi connectivity index (χ4n) is 1.11. The van der Waals surface area contributed by atoms with Gasteiger partial charge in [0.15, 0.2) is 0 Å². The second-order valence-corrected chi connectivity index (χ2v) is 4.39. The Balaban J connectivity index is 2.68. The van der Waals surface area contributed by atoms with Gasteiger partial charge in [-0.3, -0.25) is 4.79 Å². The first-order valence-corrected chi connectivity index (χ1v) is 6.17. The van der Waals surface area contributed by atoms with Gasteiger partial charge in [-0.15, -0.1) is 16.7 Å². The van der Waals surface area contributed by atoms with E-state index in [2.05, 4.69) is 14.9 Å². The number of aryl methyl sites for hydroxylation is 1. The predicted octanol–water partition coefficient (Wildman–Crippen LogP) is 1.85. The van der Waals surface area contributed by atoms with Gasteiger partial charge in [-0.1, -0.05) is 17.8 Å². The minimum atomic E-state index is -0.124. The Labute approximate surface area is 98.2 Å². The molecule has 0 fully saturated rings. The summed E-state index contributed by atoms with van der Waals surface area (Å²) in [4.78, 5) is 12.3. The van der Waals surface area contributed by atoms with Crippen LogP contribution in [0.2, 0.25) is 0 Å². The van der Waals surface area contributed by atoms with Crippen LogP contribution >= 0.6 is 23.1 Å². The molecule has 1 amide bonds. The number of nitrogens with one attached hydrogen (secondary N) is 1. The van der Waals surface area contributed by atoms with Crippen molar-refractivity contribution >= 4 is 29.0 Å². The minimum absolute atomic E-state index is 0.0317. The topological polar surface area (TPSA) is 54.9 Å². The first kappa shape index (κ1) is 12.4. The lowest BCUT2D eigenvalue weighted by Crippen LogP contribution is -2.33. The zero-order chi connectivity index (χ0) is 11.3. The van der Waals surface area contributed by atoms with Gasteiger partial charge in [0.1, 0.15) is 4.88 Å². The van der Waals surface area contributed by atoms with E-state index in [4.69, 9.17) is 11.6 Å². The highest BCUT2D eigenvalue weighted by Crippen LogP contribution is 2.12. The molecule has 4 nitrogen and oxygen atoms in total. The van der Waals surface area contributed by atoms with Crippen LogP contribution in [0.5, 0.6) is 0 Å². The molecule has 1 aromatic rings. The maximum absolute atomic E-state index is 11.7. The number of halogens is 1. The Kier molecular flexibility index (Phi) is 4.98. The molecule has 0 aromatic carbocycles. The van der Waals surface area contributed by atoms with Crippen molar-refractivity contribution in [3.63, 3.8) is 0 Å². The Morgan fingerprint density at radius 3 is 3.00 bits per heavy atom. The summed E-state index contributed by atoms with van der Waals surface area (Å²) in [7, 11) is 0.